The molecule has 4 rings (SSSR count). The minimum atomic E-state index is -1.39. The number of fused-ring (bicyclic) bond motifs is 2. The van der Waals surface area contributed by atoms with Crippen molar-refractivity contribution < 1.29 is 19.7 Å². The van der Waals surface area contributed by atoms with Gasteiger partial charge in [-0.3, -0.25) is 0 Å². The van der Waals surface area contributed by atoms with E-state index in [1.165, 1.54) is 0 Å². The zero-order chi connectivity index (χ0) is 17.4. The Labute approximate surface area is 144 Å². The number of hydrogen-bond acceptors (Lipinski definition) is 3. The van der Waals surface area contributed by atoms with Gasteiger partial charge < -0.3 is 15.3 Å². The summed E-state index contributed by atoms with van der Waals surface area (Å²) in [6.45, 7) is 4.12. The van der Waals surface area contributed by atoms with Crippen molar-refractivity contribution in [2.75, 3.05) is 13.2 Å². The second-order valence-electron chi connectivity index (χ2n) is 9.95. The Balaban J connectivity index is 1.74. The highest BCUT2D eigenvalue weighted by Crippen LogP contribution is 2.75. The molecule has 8 atom stereocenters. The number of alkyl halides is 1. The summed E-state index contributed by atoms with van der Waals surface area (Å²) in [5.41, 5.74) is -1.62. The maximum absolute atomic E-state index is 15.1. The van der Waals surface area contributed by atoms with Crippen LogP contribution in [-0.2, 0) is 0 Å². The first-order valence-corrected chi connectivity index (χ1v) is 9.84. The van der Waals surface area contributed by atoms with Crippen LogP contribution in [0.4, 0.5) is 4.39 Å². The van der Waals surface area contributed by atoms with Gasteiger partial charge in [-0.15, -0.1) is 0 Å². The van der Waals surface area contributed by atoms with Crippen molar-refractivity contribution >= 4 is 0 Å². The predicted molar refractivity (Wildman–Crippen MR) is 90.1 cm³/mol. The summed E-state index contributed by atoms with van der Waals surface area (Å²) in [4.78, 5) is 0. The van der Waals surface area contributed by atoms with Gasteiger partial charge in [0.05, 0.1) is 19.3 Å². The van der Waals surface area contributed by atoms with Gasteiger partial charge in [-0.05, 0) is 80.0 Å². The Hall–Kier alpha value is -0.190. The summed E-state index contributed by atoms with van der Waals surface area (Å²) in [5.74, 6) is 0.838. The van der Waals surface area contributed by atoms with Crippen molar-refractivity contribution in [1.29, 1.82) is 0 Å². The van der Waals surface area contributed by atoms with Crippen molar-refractivity contribution in [1.82, 2.24) is 0 Å². The molecule has 1 spiro atoms. The smallest absolute Gasteiger partial charge is 0.136 e. The Kier molecular flexibility index (Phi) is 3.71. The number of aliphatic hydroxyl groups excluding tert-OH is 3. The SMILES string of the molecule is C[C@@]1(CO)[C@H](O)CC[C@@]2(C)[C@H]1CC[C@H]1C[C@@H]3C[C@@]12CC[C@]3(F)CO. The summed E-state index contributed by atoms with van der Waals surface area (Å²) >= 11 is 0. The standard InChI is InChI=1S/C20H33FO3/c1-17(11-22)15-4-3-13-9-14-10-19(13,7-8-20(14,21)12-23)18(15,2)6-5-16(17)24/h13-16,22-24H,3-12H2,1-2H3/t13-,14+,15-,16+,17-,18-,19-,20-/m0/s1. The molecular weight excluding hydrogens is 307 g/mol. The lowest BCUT2D eigenvalue weighted by Crippen LogP contribution is -2.63. The average Bonchev–Trinajstić information content (AvgIpc) is 2.93. The Morgan fingerprint density at radius 2 is 1.71 bits per heavy atom. The van der Waals surface area contributed by atoms with Gasteiger partial charge in [0.15, 0.2) is 0 Å². The van der Waals surface area contributed by atoms with Crippen LogP contribution in [0.1, 0.15) is 65.2 Å². The molecule has 2 bridgehead atoms. The third-order valence-corrected chi connectivity index (χ3v) is 9.49. The van der Waals surface area contributed by atoms with Crippen LogP contribution in [0.3, 0.4) is 0 Å². The van der Waals surface area contributed by atoms with Crippen molar-refractivity contribution in [3.63, 3.8) is 0 Å². The Morgan fingerprint density at radius 1 is 0.958 bits per heavy atom. The molecule has 0 aromatic rings. The van der Waals surface area contributed by atoms with E-state index in [2.05, 4.69) is 13.8 Å². The molecule has 4 saturated carbocycles. The highest BCUT2D eigenvalue weighted by atomic mass is 19.1. The lowest BCUT2D eigenvalue weighted by atomic mass is 9.39. The zero-order valence-electron chi connectivity index (χ0n) is 15.1. The Morgan fingerprint density at radius 3 is 2.38 bits per heavy atom. The van der Waals surface area contributed by atoms with Gasteiger partial charge in [0.25, 0.3) is 0 Å². The lowest BCUT2D eigenvalue weighted by Gasteiger charge is -2.66. The first kappa shape index (κ1) is 17.2. The van der Waals surface area contributed by atoms with Gasteiger partial charge in [-0.2, -0.15) is 0 Å². The van der Waals surface area contributed by atoms with Crippen LogP contribution in [0.2, 0.25) is 0 Å². The molecule has 138 valence electrons. The Bertz CT molecular complexity index is 527. The fourth-order valence-corrected chi connectivity index (χ4v) is 7.91. The van der Waals surface area contributed by atoms with Crippen molar-refractivity contribution in [3.8, 4) is 0 Å². The van der Waals surface area contributed by atoms with E-state index in [-0.39, 0.29) is 30.0 Å². The lowest BCUT2D eigenvalue weighted by molar-refractivity contribution is -0.212. The highest BCUT2D eigenvalue weighted by Gasteiger charge is 2.70. The number of hydrogen-bond donors (Lipinski definition) is 3. The van der Waals surface area contributed by atoms with Crippen LogP contribution in [0.25, 0.3) is 0 Å². The largest absolute Gasteiger partial charge is 0.396 e. The van der Waals surface area contributed by atoms with E-state index < -0.39 is 17.2 Å². The van der Waals surface area contributed by atoms with Gasteiger partial charge in [0, 0.05) is 5.41 Å². The molecule has 3 nitrogen and oxygen atoms in total. The maximum atomic E-state index is 15.1. The van der Waals surface area contributed by atoms with E-state index >= 15 is 4.39 Å². The molecule has 4 heteroatoms. The molecule has 0 unspecified atom stereocenters. The number of aliphatic hydroxyl groups is 3. The third-order valence-electron chi connectivity index (χ3n) is 9.49. The third kappa shape index (κ3) is 1.83. The summed E-state index contributed by atoms with van der Waals surface area (Å²) in [6, 6.07) is 0. The van der Waals surface area contributed by atoms with Gasteiger partial charge in [0.2, 0.25) is 0 Å². The molecule has 0 radical (unpaired) electrons. The molecular formula is C20H33FO3. The molecule has 4 aliphatic carbocycles. The summed E-state index contributed by atoms with van der Waals surface area (Å²) in [7, 11) is 0. The maximum Gasteiger partial charge on any atom is 0.136 e. The molecule has 0 aromatic carbocycles. The molecule has 0 aliphatic heterocycles. The van der Waals surface area contributed by atoms with Crippen LogP contribution in [0.15, 0.2) is 0 Å². The zero-order valence-corrected chi connectivity index (χ0v) is 15.1. The van der Waals surface area contributed by atoms with E-state index in [9.17, 15) is 15.3 Å². The van der Waals surface area contributed by atoms with E-state index in [0.717, 1.165) is 44.9 Å². The summed E-state index contributed by atoms with van der Waals surface area (Å²) in [5, 5.41) is 30.3. The molecule has 0 aromatic heterocycles. The molecule has 0 amide bonds. The van der Waals surface area contributed by atoms with Crippen molar-refractivity contribution in [2.24, 2.45) is 34.0 Å². The van der Waals surface area contributed by atoms with E-state index in [1.807, 2.05) is 0 Å². The van der Waals surface area contributed by atoms with E-state index in [0.29, 0.717) is 18.3 Å². The van der Waals surface area contributed by atoms with Gasteiger partial charge in [0.1, 0.15) is 5.67 Å². The fourth-order valence-electron chi connectivity index (χ4n) is 7.91. The molecule has 4 fully saturated rings. The monoisotopic (exact) mass is 340 g/mol. The minimum absolute atomic E-state index is 0.0101. The van der Waals surface area contributed by atoms with Crippen LogP contribution in [-0.4, -0.2) is 40.3 Å². The predicted octanol–water partition coefficient (Wildman–Crippen LogP) is 3.06. The molecule has 24 heavy (non-hydrogen) atoms. The van der Waals surface area contributed by atoms with Gasteiger partial charge in [-0.1, -0.05) is 13.8 Å². The summed E-state index contributed by atoms with van der Waals surface area (Å²) in [6.07, 6.45) is 6.54. The highest BCUT2D eigenvalue weighted by molar-refractivity contribution is 5.19. The number of rotatable bonds is 2. The molecule has 0 heterocycles. The normalized spacial score (nSPS) is 59.8. The first-order valence-electron chi connectivity index (χ1n) is 9.84. The van der Waals surface area contributed by atoms with E-state index in [4.69, 9.17) is 0 Å². The first-order chi connectivity index (χ1) is 11.3. The molecule has 0 saturated heterocycles. The van der Waals surface area contributed by atoms with Crippen LogP contribution < -0.4 is 0 Å². The van der Waals surface area contributed by atoms with Gasteiger partial charge in [-0.25, -0.2) is 4.39 Å². The van der Waals surface area contributed by atoms with Gasteiger partial charge >= 0.3 is 0 Å². The second-order valence-corrected chi connectivity index (χ2v) is 9.95. The average molecular weight is 340 g/mol. The van der Waals surface area contributed by atoms with Crippen molar-refractivity contribution in [3.05, 3.63) is 0 Å². The van der Waals surface area contributed by atoms with Crippen LogP contribution >= 0.6 is 0 Å². The topological polar surface area (TPSA) is 60.7 Å². The van der Waals surface area contributed by atoms with Crippen LogP contribution in [0, 0.1) is 34.0 Å². The minimum Gasteiger partial charge on any atom is -0.396 e. The van der Waals surface area contributed by atoms with E-state index in [1.54, 1.807) is 0 Å². The molecule has 4 aliphatic rings. The fraction of sp³-hybridized carbons (Fsp3) is 1.00. The van der Waals surface area contributed by atoms with Crippen molar-refractivity contribution in [2.45, 2.75) is 77.0 Å². The van der Waals surface area contributed by atoms with Crippen LogP contribution in [0.5, 0.6) is 0 Å². The summed E-state index contributed by atoms with van der Waals surface area (Å²) < 4.78 is 15.1. The number of halogens is 1. The molecule has 3 N–H and O–H groups in total. The quantitative estimate of drug-likeness (QED) is 0.724. The second kappa shape index (κ2) is 5.17.